The number of pyridine rings is 1. The van der Waals surface area contributed by atoms with E-state index in [-0.39, 0.29) is 0 Å². The molecule has 3 nitrogen and oxygen atoms in total. The first kappa shape index (κ1) is 12.0. The maximum Gasteiger partial charge on any atom is 0.128 e. The maximum absolute atomic E-state index is 4.37. The summed E-state index contributed by atoms with van der Waals surface area (Å²) in [6.45, 7) is 4.18. The number of aromatic nitrogens is 1. The molecule has 1 rings (SSSR count). The van der Waals surface area contributed by atoms with Gasteiger partial charge < -0.3 is 10.2 Å². The van der Waals surface area contributed by atoms with Crippen molar-refractivity contribution in [3.63, 3.8) is 0 Å². The topological polar surface area (TPSA) is 28.2 Å². The number of unbranched alkanes of at least 4 members (excludes halogenated alkanes) is 1. The van der Waals surface area contributed by atoms with Crippen molar-refractivity contribution in [2.45, 2.75) is 26.3 Å². The number of rotatable bonds is 6. The van der Waals surface area contributed by atoms with Crippen molar-refractivity contribution < 1.29 is 0 Å². The molecule has 0 fully saturated rings. The number of hydrogen-bond acceptors (Lipinski definition) is 3. The molecule has 15 heavy (non-hydrogen) atoms. The highest BCUT2D eigenvalue weighted by molar-refractivity contribution is 5.39. The minimum atomic E-state index is 0.900. The van der Waals surface area contributed by atoms with E-state index < -0.39 is 0 Å². The van der Waals surface area contributed by atoms with Crippen LogP contribution in [0.4, 0.5) is 5.82 Å². The molecule has 0 aromatic carbocycles. The highest BCUT2D eigenvalue weighted by atomic mass is 15.2. The second-order valence-corrected chi connectivity index (χ2v) is 3.83. The summed E-state index contributed by atoms with van der Waals surface area (Å²) in [5.41, 5.74) is 1.28. The molecule has 0 radical (unpaired) electrons. The van der Waals surface area contributed by atoms with E-state index in [0.717, 1.165) is 18.9 Å². The summed E-state index contributed by atoms with van der Waals surface area (Å²) in [7, 11) is 4.06. The molecule has 0 atom stereocenters. The van der Waals surface area contributed by atoms with Gasteiger partial charge in [-0.2, -0.15) is 0 Å². The van der Waals surface area contributed by atoms with Crippen LogP contribution in [0.1, 0.15) is 25.3 Å². The van der Waals surface area contributed by atoms with E-state index in [1.807, 2.05) is 19.3 Å². The van der Waals surface area contributed by atoms with Crippen molar-refractivity contribution in [1.29, 1.82) is 0 Å². The second kappa shape index (κ2) is 6.40. The minimum absolute atomic E-state index is 0.900. The van der Waals surface area contributed by atoms with Crippen LogP contribution in [0.3, 0.4) is 0 Å². The van der Waals surface area contributed by atoms with Crippen molar-refractivity contribution in [2.24, 2.45) is 0 Å². The summed E-state index contributed by atoms with van der Waals surface area (Å²) in [6, 6.07) is 4.19. The molecule has 1 aromatic heterocycles. The molecule has 0 aliphatic rings. The zero-order valence-electron chi connectivity index (χ0n) is 9.95. The van der Waals surface area contributed by atoms with Crippen molar-refractivity contribution in [3.05, 3.63) is 23.9 Å². The van der Waals surface area contributed by atoms with Crippen LogP contribution >= 0.6 is 0 Å². The van der Waals surface area contributed by atoms with Crippen molar-refractivity contribution in [3.8, 4) is 0 Å². The molecule has 1 heterocycles. The third kappa shape index (κ3) is 3.88. The Bertz CT molecular complexity index is 286. The van der Waals surface area contributed by atoms with Gasteiger partial charge in [0.2, 0.25) is 0 Å². The van der Waals surface area contributed by atoms with E-state index in [0.29, 0.717) is 0 Å². The normalized spacial score (nSPS) is 10.3. The van der Waals surface area contributed by atoms with E-state index in [1.165, 1.54) is 18.4 Å². The Hall–Kier alpha value is -1.09. The molecule has 0 amide bonds. The largest absolute Gasteiger partial charge is 0.360 e. The van der Waals surface area contributed by atoms with E-state index >= 15 is 0 Å². The number of anilines is 1. The van der Waals surface area contributed by atoms with Crippen molar-refractivity contribution in [2.75, 3.05) is 25.5 Å². The predicted molar refractivity (Wildman–Crippen MR) is 65.2 cm³/mol. The van der Waals surface area contributed by atoms with E-state index in [9.17, 15) is 0 Å². The lowest BCUT2D eigenvalue weighted by atomic mass is 10.2. The van der Waals surface area contributed by atoms with Crippen molar-refractivity contribution >= 4 is 5.82 Å². The van der Waals surface area contributed by atoms with Crippen LogP contribution in [0.15, 0.2) is 18.3 Å². The Balaban J connectivity index is 2.62. The summed E-state index contributed by atoms with van der Waals surface area (Å²) in [5, 5.41) is 3.15. The molecule has 0 spiro atoms. The smallest absolute Gasteiger partial charge is 0.128 e. The Morgan fingerprint density at radius 1 is 1.47 bits per heavy atom. The average Bonchev–Trinajstić information content (AvgIpc) is 2.27. The number of nitrogens with one attached hydrogen (secondary N) is 1. The monoisotopic (exact) mass is 207 g/mol. The summed E-state index contributed by atoms with van der Waals surface area (Å²) in [6.07, 6.45) is 4.32. The lowest BCUT2D eigenvalue weighted by Crippen LogP contribution is -2.19. The average molecular weight is 207 g/mol. The molecule has 1 aromatic rings. The van der Waals surface area contributed by atoms with Crippen LogP contribution in [0.25, 0.3) is 0 Å². The zero-order valence-corrected chi connectivity index (χ0v) is 9.95. The Kier molecular flexibility index (Phi) is 5.12. The zero-order chi connectivity index (χ0) is 11.1. The van der Waals surface area contributed by atoms with Crippen LogP contribution in [-0.2, 0) is 6.54 Å². The van der Waals surface area contributed by atoms with E-state index in [4.69, 9.17) is 0 Å². The van der Waals surface area contributed by atoms with Gasteiger partial charge in [0.05, 0.1) is 0 Å². The second-order valence-electron chi connectivity index (χ2n) is 3.83. The fourth-order valence-electron chi connectivity index (χ4n) is 1.49. The van der Waals surface area contributed by atoms with Gasteiger partial charge in [0, 0.05) is 26.3 Å². The highest BCUT2D eigenvalue weighted by Gasteiger charge is 2.02. The molecule has 0 saturated heterocycles. The van der Waals surface area contributed by atoms with Gasteiger partial charge in [0.1, 0.15) is 5.82 Å². The summed E-state index contributed by atoms with van der Waals surface area (Å²) in [4.78, 5) is 6.58. The summed E-state index contributed by atoms with van der Waals surface area (Å²) >= 11 is 0. The van der Waals surface area contributed by atoms with Gasteiger partial charge in [-0.15, -0.1) is 0 Å². The Labute approximate surface area is 92.5 Å². The Morgan fingerprint density at radius 3 is 2.93 bits per heavy atom. The molecular weight excluding hydrogens is 186 g/mol. The van der Waals surface area contributed by atoms with Gasteiger partial charge >= 0.3 is 0 Å². The third-order valence-electron chi connectivity index (χ3n) is 2.43. The molecule has 84 valence electrons. The fraction of sp³-hybridized carbons (Fsp3) is 0.583. The molecule has 0 unspecified atom stereocenters. The van der Waals surface area contributed by atoms with Gasteiger partial charge in [-0.05, 0) is 31.2 Å². The van der Waals surface area contributed by atoms with Gasteiger partial charge in [-0.3, -0.25) is 0 Å². The lowest BCUT2D eigenvalue weighted by Gasteiger charge is -2.18. The first-order valence-electron chi connectivity index (χ1n) is 5.58. The van der Waals surface area contributed by atoms with Crippen LogP contribution < -0.4 is 10.2 Å². The van der Waals surface area contributed by atoms with Gasteiger partial charge in [-0.1, -0.05) is 13.3 Å². The summed E-state index contributed by atoms with van der Waals surface area (Å²) < 4.78 is 0. The highest BCUT2D eigenvalue weighted by Crippen LogP contribution is 2.11. The van der Waals surface area contributed by atoms with Gasteiger partial charge in [-0.25, -0.2) is 4.98 Å². The molecule has 0 bridgehead atoms. The van der Waals surface area contributed by atoms with Crippen LogP contribution in [0.2, 0.25) is 0 Å². The number of nitrogens with zero attached hydrogens (tertiary/aromatic N) is 2. The third-order valence-corrected chi connectivity index (χ3v) is 2.43. The molecule has 3 heteroatoms. The van der Waals surface area contributed by atoms with Gasteiger partial charge in [0.25, 0.3) is 0 Å². The number of hydrogen-bond donors (Lipinski definition) is 1. The summed E-state index contributed by atoms with van der Waals surface area (Å²) in [5.74, 6) is 1.07. The predicted octanol–water partition coefficient (Wildman–Crippen LogP) is 2.04. The first-order chi connectivity index (χ1) is 7.27. The maximum atomic E-state index is 4.37. The molecule has 0 aliphatic heterocycles. The molecule has 0 aliphatic carbocycles. The molecular formula is C12H21N3. The molecule has 1 N–H and O–H groups in total. The first-order valence-corrected chi connectivity index (χ1v) is 5.58. The standard InChI is InChI=1S/C12H21N3/c1-4-5-8-15(3)12-9-11(10-13-2)6-7-14-12/h6-7,9,13H,4-5,8,10H2,1-3H3. The van der Waals surface area contributed by atoms with Crippen LogP contribution in [-0.4, -0.2) is 25.6 Å². The quantitative estimate of drug-likeness (QED) is 0.773. The fourth-order valence-corrected chi connectivity index (χ4v) is 1.49. The van der Waals surface area contributed by atoms with E-state index in [1.54, 1.807) is 0 Å². The lowest BCUT2D eigenvalue weighted by molar-refractivity contribution is 0.756. The SMILES string of the molecule is CCCCN(C)c1cc(CNC)ccn1. The minimum Gasteiger partial charge on any atom is -0.360 e. The van der Waals surface area contributed by atoms with E-state index in [2.05, 4.69) is 35.2 Å². The van der Waals surface area contributed by atoms with Crippen LogP contribution in [0, 0.1) is 0 Å². The Morgan fingerprint density at radius 2 is 2.27 bits per heavy atom. The van der Waals surface area contributed by atoms with Crippen LogP contribution in [0.5, 0.6) is 0 Å². The molecule has 0 saturated carbocycles. The van der Waals surface area contributed by atoms with Crippen molar-refractivity contribution in [1.82, 2.24) is 10.3 Å². The van der Waals surface area contributed by atoms with Gasteiger partial charge in [0.15, 0.2) is 0 Å².